The van der Waals surface area contributed by atoms with Gasteiger partial charge in [-0.1, -0.05) is 32.5 Å². The molecule has 0 unspecified atom stereocenters. The van der Waals surface area contributed by atoms with Crippen LogP contribution < -0.4 is 5.32 Å². The number of hydrogen-bond donors (Lipinski definition) is 1. The summed E-state index contributed by atoms with van der Waals surface area (Å²) in [6.07, 6.45) is 2.31. The van der Waals surface area contributed by atoms with Gasteiger partial charge in [0.05, 0.1) is 0 Å². The molecule has 2 rings (SSSR count). The second kappa shape index (κ2) is 5.19. The van der Waals surface area contributed by atoms with Crippen molar-refractivity contribution in [1.82, 2.24) is 5.32 Å². The van der Waals surface area contributed by atoms with E-state index in [9.17, 15) is 0 Å². The van der Waals surface area contributed by atoms with E-state index < -0.39 is 0 Å². The second-order valence-electron chi connectivity index (χ2n) is 6.35. The average Bonchev–Trinajstić information content (AvgIpc) is 2.29. The van der Waals surface area contributed by atoms with Gasteiger partial charge in [-0.2, -0.15) is 0 Å². The largest absolute Gasteiger partial charge is 0.381 e. The van der Waals surface area contributed by atoms with Gasteiger partial charge in [0.25, 0.3) is 0 Å². The van der Waals surface area contributed by atoms with Crippen LogP contribution in [0.15, 0.2) is 4.99 Å². The van der Waals surface area contributed by atoms with Gasteiger partial charge in [0.2, 0.25) is 0 Å². The molecule has 0 saturated carbocycles. The third-order valence-corrected chi connectivity index (χ3v) is 5.09. The predicted molar refractivity (Wildman–Crippen MR) is 74.7 cm³/mol. The molecular formula is C13H24N2OS. The first-order chi connectivity index (χ1) is 7.99. The number of ether oxygens (including phenoxy) is 1. The summed E-state index contributed by atoms with van der Waals surface area (Å²) < 4.78 is 5.42. The van der Waals surface area contributed by atoms with Crippen molar-refractivity contribution in [3.05, 3.63) is 0 Å². The van der Waals surface area contributed by atoms with Gasteiger partial charge in [-0.25, -0.2) is 0 Å². The van der Waals surface area contributed by atoms with Gasteiger partial charge < -0.3 is 10.1 Å². The van der Waals surface area contributed by atoms with Gasteiger partial charge in [0.15, 0.2) is 5.17 Å². The third kappa shape index (κ3) is 3.88. The fourth-order valence-corrected chi connectivity index (χ4v) is 3.03. The molecule has 1 saturated heterocycles. The molecule has 4 heteroatoms. The van der Waals surface area contributed by atoms with Crippen molar-refractivity contribution in [2.75, 3.05) is 32.1 Å². The number of nitrogens with one attached hydrogen (secondary N) is 1. The van der Waals surface area contributed by atoms with E-state index in [1.165, 1.54) is 5.75 Å². The minimum Gasteiger partial charge on any atom is -0.381 e. The fourth-order valence-electron chi connectivity index (χ4n) is 2.08. The number of aliphatic imine (C=N–C) groups is 1. The fraction of sp³-hybridized carbons (Fsp3) is 0.923. The maximum atomic E-state index is 5.42. The zero-order valence-corrected chi connectivity index (χ0v) is 12.0. The summed E-state index contributed by atoms with van der Waals surface area (Å²) in [4.78, 5) is 4.63. The van der Waals surface area contributed by atoms with Gasteiger partial charge in [-0.15, -0.1) is 0 Å². The lowest BCUT2D eigenvalue weighted by Crippen LogP contribution is -2.40. The lowest BCUT2D eigenvalue weighted by atomic mass is 9.82. The topological polar surface area (TPSA) is 33.6 Å². The number of nitrogens with zero attached hydrogens (tertiary/aromatic N) is 1. The molecule has 0 bridgehead atoms. The smallest absolute Gasteiger partial charge is 0.156 e. The standard InChI is InChI=1S/C13H24N2OS/c1-12(2)8-14-11(17-10-12)15-9-13(3)4-6-16-7-5-13/h4-10H2,1-3H3,(H,14,15). The number of thioether (sulfide) groups is 1. The van der Waals surface area contributed by atoms with Crippen LogP contribution in [0.25, 0.3) is 0 Å². The van der Waals surface area contributed by atoms with Crippen LogP contribution in [-0.2, 0) is 4.74 Å². The minimum atomic E-state index is 0.360. The monoisotopic (exact) mass is 256 g/mol. The average molecular weight is 256 g/mol. The molecule has 2 heterocycles. The van der Waals surface area contributed by atoms with Crippen molar-refractivity contribution in [1.29, 1.82) is 0 Å². The molecule has 2 aliphatic rings. The van der Waals surface area contributed by atoms with Crippen molar-refractivity contribution >= 4 is 16.9 Å². The molecule has 1 fully saturated rings. The molecular weight excluding hydrogens is 232 g/mol. The highest BCUT2D eigenvalue weighted by Crippen LogP contribution is 2.30. The van der Waals surface area contributed by atoms with Crippen LogP contribution in [0.4, 0.5) is 0 Å². The first kappa shape index (κ1) is 13.2. The predicted octanol–water partition coefficient (Wildman–Crippen LogP) is 2.52. The first-order valence-electron chi connectivity index (χ1n) is 6.48. The maximum absolute atomic E-state index is 5.42. The molecule has 98 valence electrons. The van der Waals surface area contributed by atoms with Gasteiger partial charge >= 0.3 is 0 Å². The molecule has 17 heavy (non-hydrogen) atoms. The van der Waals surface area contributed by atoms with Crippen molar-refractivity contribution in [3.8, 4) is 0 Å². The Balaban J connectivity index is 1.80. The molecule has 1 N–H and O–H groups in total. The minimum absolute atomic E-state index is 0.360. The summed E-state index contributed by atoms with van der Waals surface area (Å²) in [6, 6.07) is 0. The molecule has 3 nitrogen and oxygen atoms in total. The SMILES string of the molecule is CC1(C)CN=C(NCC2(C)CCOCC2)SC1. The van der Waals surface area contributed by atoms with Crippen LogP contribution in [0.1, 0.15) is 33.6 Å². The lowest BCUT2D eigenvalue weighted by Gasteiger charge is -2.35. The highest BCUT2D eigenvalue weighted by atomic mass is 32.2. The third-order valence-electron chi connectivity index (χ3n) is 3.62. The van der Waals surface area contributed by atoms with E-state index in [2.05, 4.69) is 31.1 Å². The summed E-state index contributed by atoms with van der Waals surface area (Å²) in [5, 5.41) is 4.66. The van der Waals surface area contributed by atoms with Gasteiger partial charge in [0, 0.05) is 32.1 Å². The molecule has 0 atom stereocenters. The van der Waals surface area contributed by atoms with E-state index in [0.29, 0.717) is 10.8 Å². The molecule has 0 aliphatic carbocycles. The Hall–Kier alpha value is -0.220. The summed E-state index contributed by atoms with van der Waals surface area (Å²) in [5.41, 5.74) is 0.743. The Kier molecular flexibility index (Phi) is 4.03. The van der Waals surface area contributed by atoms with Crippen LogP contribution in [-0.4, -0.2) is 37.2 Å². The Morgan fingerprint density at radius 3 is 2.59 bits per heavy atom. The van der Waals surface area contributed by atoms with E-state index >= 15 is 0 Å². The highest BCUT2D eigenvalue weighted by molar-refractivity contribution is 8.13. The molecule has 0 aromatic heterocycles. The summed E-state index contributed by atoms with van der Waals surface area (Å²) in [7, 11) is 0. The molecule has 0 aromatic carbocycles. The van der Waals surface area contributed by atoms with Crippen molar-refractivity contribution in [3.63, 3.8) is 0 Å². The van der Waals surface area contributed by atoms with Gasteiger partial charge in [-0.3, -0.25) is 4.99 Å². The van der Waals surface area contributed by atoms with Crippen molar-refractivity contribution in [2.45, 2.75) is 33.6 Å². The van der Waals surface area contributed by atoms with Crippen LogP contribution in [0.2, 0.25) is 0 Å². The summed E-state index contributed by atoms with van der Waals surface area (Å²) >= 11 is 1.87. The van der Waals surface area contributed by atoms with E-state index in [0.717, 1.165) is 44.3 Å². The Bertz CT molecular complexity index is 296. The van der Waals surface area contributed by atoms with Crippen molar-refractivity contribution in [2.24, 2.45) is 15.8 Å². The highest BCUT2D eigenvalue weighted by Gasteiger charge is 2.29. The van der Waals surface area contributed by atoms with E-state index in [-0.39, 0.29) is 0 Å². The van der Waals surface area contributed by atoms with E-state index in [1.807, 2.05) is 11.8 Å². The summed E-state index contributed by atoms with van der Waals surface area (Å²) in [6.45, 7) is 10.7. The summed E-state index contributed by atoms with van der Waals surface area (Å²) in [5.74, 6) is 1.17. The Morgan fingerprint density at radius 2 is 2.00 bits per heavy atom. The first-order valence-corrected chi connectivity index (χ1v) is 7.47. The normalized spacial score (nSPS) is 27.4. The zero-order chi connectivity index (χ0) is 12.4. The molecule has 0 radical (unpaired) electrons. The lowest BCUT2D eigenvalue weighted by molar-refractivity contribution is 0.0262. The van der Waals surface area contributed by atoms with Crippen LogP contribution in [0.5, 0.6) is 0 Å². The number of rotatable bonds is 2. The molecule has 0 amide bonds. The Morgan fingerprint density at radius 1 is 1.29 bits per heavy atom. The number of hydrogen-bond acceptors (Lipinski definition) is 4. The van der Waals surface area contributed by atoms with Crippen LogP contribution >= 0.6 is 11.8 Å². The van der Waals surface area contributed by atoms with Crippen LogP contribution in [0.3, 0.4) is 0 Å². The molecule has 0 spiro atoms. The van der Waals surface area contributed by atoms with Gasteiger partial charge in [0.1, 0.15) is 0 Å². The number of amidine groups is 1. The quantitative estimate of drug-likeness (QED) is 0.824. The zero-order valence-electron chi connectivity index (χ0n) is 11.2. The second-order valence-corrected chi connectivity index (χ2v) is 7.31. The maximum Gasteiger partial charge on any atom is 0.156 e. The van der Waals surface area contributed by atoms with Gasteiger partial charge in [-0.05, 0) is 23.7 Å². The molecule has 2 aliphatic heterocycles. The van der Waals surface area contributed by atoms with E-state index in [1.54, 1.807) is 0 Å². The Labute approximate surface area is 109 Å². The van der Waals surface area contributed by atoms with E-state index in [4.69, 9.17) is 4.74 Å². The van der Waals surface area contributed by atoms with Crippen LogP contribution in [0, 0.1) is 10.8 Å². The van der Waals surface area contributed by atoms with Crippen molar-refractivity contribution < 1.29 is 4.74 Å². The molecule has 0 aromatic rings.